The Balaban J connectivity index is 2.13. The molecular formula is C18H28FN3O. The lowest BCUT2D eigenvalue weighted by Crippen LogP contribution is -2.56. The van der Waals surface area contributed by atoms with Crippen LogP contribution in [0, 0.1) is 5.82 Å². The zero-order valence-corrected chi connectivity index (χ0v) is 14.8. The highest BCUT2D eigenvalue weighted by molar-refractivity contribution is 5.81. The van der Waals surface area contributed by atoms with Crippen molar-refractivity contribution in [1.29, 1.82) is 0 Å². The summed E-state index contributed by atoms with van der Waals surface area (Å²) in [5.41, 5.74) is 1.89. The van der Waals surface area contributed by atoms with Gasteiger partial charge >= 0.3 is 0 Å². The molecule has 1 aromatic carbocycles. The number of halogens is 1. The molecule has 5 heteroatoms. The molecule has 2 rings (SSSR count). The van der Waals surface area contributed by atoms with Crippen LogP contribution in [-0.2, 0) is 16.8 Å². The van der Waals surface area contributed by atoms with Crippen LogP contribution in [0.2, 0.25) is 0 Å². The quantitative estimate of drug-likeness (QED) is 0.925. The van der Waals surface area contributed by atoms with Crippen LogP contribution in [0.4, 0.5) is 4.39 Å². The zero-order chi connectivity index (χ0) is 17.2. The Bertz CT molecular complexity index is 568. The van der Waals surface area contributed by atoms with Crippen molar-refractivity contribution in [3.8, 4) is 0 Å². The highest BCUT2D eigenvalue weighted by Crippen LogP contribution is 2.25. The molecule has 1 fully saturated rings. The molecule has 0 saturated carbocycles. The predicted octanol–water partition coefficient (Wildman–Crippen LogP) is 1.99. The van der Waals surface area contributed by atoms with Crippen molar-refractivity contribution in [3.63, 3.8) is 0 Å². The summed E-state index contributed by atoms with van der Waals surface area (Å²) in [6, 6.07) is 5.14. The van der Waals surface area contributed by atoms with Crippen molar-refractivity contribution in [1.82, 2.24) is 15.1 Å². The molecule has 1 atom stereocenters. The maximum absolute atomic E-state index is 13.9. The van der Waals surface area contributed by atoms with Crippen molar-refractivity contribution in [2.75, 3.05) is 33.7 Å². The van der Waals surface area contributed by atoms with E-state index in [1.165, 1.54) is 0 Å². The molecule has 128 valence electrons. The van der Waals surface area contributed by atoms with Crippen LogP contribution < -0.4 is 5.32 Å². The van der Waals surface area contributed by atoms with Crippen LogP contribution in [0.25, 0.3) is 0 Å². The summed E-state index contributed by atoms with van der Waals surface area (Å²) in [5, 5.41) is 2.72. The lowest BCUT2D eigenvalue weighted by molar-refractivity contribution is -0.127. The fraction of sp³-hybridized carbons (Fsp3) is 0.611. The number of rotatable bonds is 3. The number of hydrogen-bond donors (Lipinski definition) is 1. The Hall–Kier alpha value is -1.46. The fourth-order valence-electron chi connectivity index (χ4n) is 2.96. The zero-order valence-electron chi connectivity index (χ0n) is 14.8. The Kier molecular flexibility index (Phi) is 5.42. The summed E-state index contributed by atoms with van der Waals surface area (Å²) in [4.78, 5) is 16.3. The van der Waals surface area contributed by atoms with Gasteiger partial charge in [0.1, 0.15) is 11.9 Å². The molecule has 0 radical (unpaired) electrons. The van der Waals surface area contributed by atoms with E-state index in [1.54, 1.807) is 19.2 Å². The molecule has 1 unspecified atom stereocenters. The van der Waals surface area contributed by atoms with Gasteiger partial charge < -0.3 is 5.32 Å². The molecule has 0 bridgehead atoms. The van der Waals surface area contributed by atoms with Crippen molar-refractivity contribution in [2.45, 2.75) is 38.8 Å². The molecular weight excluding hydrogens is 293 g/mol. The van der Waals surface area contributed by atoms with E-state index >= 15 is 0 Å². The molecule has 1 aliphatic rings. The van der Waals surface area contributed by atoms with Gasteiger partial charge in [-0.3, -0.25) is 14.6 Å². The van der Waals surface area contributed by atoms with Gasteiger partial charge in [0.05, 0.1) is 0 Å². The van der Waals surface area contributed by atoms with Gasteiger partial charge in [0.2, 0.25) is 5.91 Å². The van der Waals surface area contributed by atoms with Crippen LogP contribution in [0.15, 0.2) is 18.2 Å². The summed E-state index contributed by atoms with van der Waals surface area (Å²) >= 11 is 0. The Labute approximate surface area is 138 Å². The highest BCUT2D eigenvalue weighted by atomic mass is 19.1. The second kappa shape index (κ2) is 6.97. The van der Waals surface area contributed by atoms with Gasteiger partial charge in [-0.1, -0.05) is 26.8 Å². The number of likely N-dealkylation sites (N-methyl/N-ethyl adjacent to an activating group) is 2. The minimum absolute atomic E-state index is 0.0341. The molecule has 1 saturated heterocycles. The van der Waals surface area contributed by atoms with E-state index in [0.717, 1.165) is 24.2 Å². The predicted molar refractivity (Wildman–Crippen MR) is 90.9 cm³/mol. The van der Waals surface area contributed by atoms with E-state index in [1.807, 2.05) is 7.05 Å². The Morgan fingerprint density at radius 1 is 1.30 bits per heavy atom. The van der Waals surface area contributed by atoms with Gasteiger partial charge in [-0.15, -0.1) is 0 Å². The number of benzene rings is 1. The molecule has 1 N–H and O–H groups in total. The van der Waals surface area contributed by atoms with Crippen molar-refractivity contribution < 1.29 is 9.18 Å². The highest BCUT2D eigenvalue weighted by Gasteiger charge is 2.29. The minimum atomic E-state index is -0.190. The van der Waals surface area contributed by atoms with Gasteiger partial charge in [0.15, 0.2) is 0 Å². The van der Waals surface area contributed by atoms with Gasteiger partial charge in [-0.25, -0.2) is 4.39 Å². The van der Waals surface area contributed by atoms with Crippen LogP contribution in [-0.4, -0.2) is 55.5 Å². The molecule has 1 aliphatic heterocycles. The Morgan fingerprint density at radius 2 is 2.00 bits per heavy atom. The third-order valence-corrected chi connectivity index (χ3v) is 4.51. The number of hydrogen-bond acceptors (Lipinski definition) is 3. The van der Waals surface area contributed by atoms with Crippen molar-refractivity contribution in [2.24, 2.45) is 0 Å². The smallest absolute Gasteiger partial charge is 0.238 e. The second-order valence-corrected chi connectivity index (χ2v) is 7.44. The number of carbonyl (C=O) groups excluding carboxylic acids is 1. The number of carbonyl (C=O) groups is 1. The monoisotopic (exact) mass is 321 g/mol. The largest absolute Gasteiger partial charge is 0.358 e. The SMILES string of the molecule is CNC(=O)C1CN(Cc2cc(F)cc(C(C)(C)C)c2)CCN1C. The molecule has 1 heterocycles. The van der Waals surface area contributed by atoms with Gasteiger partial charge in [0.25, 0.3) is 0 Å². The van der Waals surface area contributed by atoms with E-state index in [4.69, 9.17) is 0 Å². The third kappa shape index (κ3) is 4.52. The first-order chi connectivity index (χ1) is 10.7. The summed E-state index contributed by atoms with van der Waals surface area (Å²) in [6.45, 7) is 9.31. The van der Waals surface area contributed by atoms with E-state index in [2.05, 4.69) is 42.0 Å². The first kappa shape index (κ1) is 17.9. The van der Waals surface area contributed by atoms with Gasteiger partial charge in [0, 0.05) is 33.2 Å². The summed E-state index contributed by atoms with van der Waals surface area (Å²) in [7, 11) is 3.63. The second-order valence-electron chi connectivity index (χ2n) is 7.44. The van der Waals surface area contributed by atoms with Crippen molar-refractivity contribution >= 4 is 5.91 Å². The van der Waals surface area contributed by atoms with Gasteiger partial charge in [-0.2, -0.15) is 0 Å². The molecule has 0 aromatic heterocycles. The first-order valence-corrected chi connectivity index (χ1v) is 8.15. The van der Waals surface area contributed by atoms with Crippen LogP contribution in [0.3, 0.4) is 0 Å². The van der Waals surface area contributed by atoms with E-state index in [9.17, 15) is 9.18 Å². The molecule has 23 heavy (non-hydrogen) atoms. The average molecular weight is 321 g/mol. The average Bonchev–Trinajstić information content (AvgIpc) is 2.47. The molecule has 0 spiro atoms. The first-order valence-electron chi connectivity index (χ1n) is 8.15. The molecule has 1 aromatic rings. The molecule has 0 aliphatic carbocycles. The topological polar surface area (TPSA) is 35.6 Å². The van der Waals surface area contributed by atoms with E-state index in [0.29, 0.717) is 13.1 Å². The minimum Gasteiger partial charge on any atom is -0.358 e. The molecule has 4 nitrogen and oxygen atoms in total. The van der Waals surface area contributed by atoms with Crippen molar-refractivity contribution in [3.05, 3.63) is 35.1 Å². The number of piperazine rings is 1. The summed E-state index contributed by atoms with van der Waals surface area (Å²) in [5.74, 6) is -0.156. The molecule has 1 amide bonds. The maximum Gasteiger partial charge on any atom is 0.238 e. The van der Waals surface area contributed by atoms with E-state index in [-0.39, 0.29) is 23.2 Å². The van der Waals surface area contributed by atoms with E-state index < -0.39 is 0 Å². The van der Waals surface area contributed by atoms with Crippen LogP contribution >= 0.6 is 0 Å². The number of nitrogens with zero attached hydrogens (tertiary/aromatic N) is 2. The van der Waals surface area contributed by atoms with Crippen LogP contribution in [0.5, 0.6) is 0 Å². The Morgan fingerprint density at radius 3 is 2.61 bits per heavy atom. The van der Waals surface area contributed by atoms with Crippen LogP contribution in [0.1, 0.15) is 31.9 Å². The normalized spacial score (nSPS) is 20.5. The maximum atomic E-state index is 13.9. The number of amides is 1. The van der Waals surface area contributed by atoms with Gasteiger partial charge in [-0.05, 0) is 35.7 Å². The third-order valence-electron chi connectivity index (χ3n) is 4.51. The fourth-order valence-corrected chi connectivity index (χ4v) is 2.96. The lowest BCUT2D eigenvalue weighted by Gasteiger charge is -2.38. The number of nitrogens with one attached hydrogen (secondary N) is 1. The standard InChI is InChI=1S/C18H28FN3O/c1-18(2,3)14-8-13(9-15(19)10-14)11-22-7-6-21(5)16(12-22)17(23)20-4/h8-10,16H,6-7,11-12H2,1-5H3,(H,20,23). The summed E-state index contributed by atoms with van der Waals surface area (Å²) in [6.07, 6.45) is 0. The lowest BCUT2D eigenvalue weighted by atomic mass is 9.86. The summed E-state index contributed by atoms with van der Waals surface area (Å²) < 4.78 is 13.9.